The Hall–Kier alpha value is -0.220. The molecule has 1 fully saturated rings. The molecule has 0 bridgehead atoms. The Morgan fingerprint density at radius 3 is 2.79 bits per heavy atom. The van der Waals surface area contributed by atoms with Crippen LogP contribution < -0.4 is 5.32 Å². The van der Waals surface area contributed by atoms with Gasteiger partial charge in [-0.3, -0.25) is 4.90 Å². The molecular formula is C10H20F2N2. The summed E-state index contributed by atoms with van der Waals surface area (Å²) in [4.78, 5) is 1.86. The quantitative estimate of drug-likeness (QED) is 0.751. The molecule has 2 atom stereocenters. The van der Waals surface area contributed by atoms with E-state index in [0.717, 1.165) is 26.1 Å². The molecule has 2 unspecified atom stereocenters. The zero-order valence-corrected chi connectivity index (χ0v) is 8.97. The normalized spacial score (nSPS) is 26.8. The van der Waals surface area contributed by atoms with E-state index in [1.54, 1.807) is 0 Å². The molecule has 4 heteroatoms. The van der Waals surface area contributed by atoms with Crippen molar-refractivity contribution in [1.29, 1.82) is 0 Å². The zero-order chi connectivity index (χ0) is 10.6. The molecule has 14 heavy (non-hydrogen) atoms. The van der Waals surface area contributed by atoms with Gasteiger partial charge in [0.2, 0.25) is 0 Å². The molecule has 0 aromatic carbocycles. The van der Waals surface area contributed by atoms with E-state index in [-0.39, 0.29) is 6.54 Å². The molecule has 0 aliphatic carbocycles. The lowest BCUT2D eigenvalue weighted by atomic mass is 9.97. The van der Waals surface area contributed by atoms with Crippen molar-refractivity contribution in [3.63, 3.8) is 0 Å². The van der Waals surface area contributed by atoms with E-state index in [4.69, 9.17) is 0 Å². The molecule has 1 saturated heterocycles. The summed E-state index contributed by atoms with van der Waals surface area (Å²) < 4.78 is 24.3. The fourth-order valence-electron chi connectivity index (χ4n) is 1.87. The number of nitrogens with zero attached hydrogens (tertiary/aromatic N) is 1. The first kappa shape index (κ1) is 11.9. The van der Waals surface area contributed by atoms with E-state index < -0.39 is 6.43 Å². The summed E-state index contributed by atoms with van der Waals surface area (Å²) in [5.74, 6) is 0.565. The van der Waals surface area contributed by atoms with Crippen molar-refractivity contribution in [3.05, 3.63) is 0 Å². The Bertz CT molecular complexity index is 164. The van der Waals surface area contributed by atoms with Crippen LogP contribution in [0.3, 0.4) is 0 Å². The van der Waals surface area contributed by atoms with Crippen LogP contribution in [0.4, 0.5) is 8.78 Å². The average molecular weight is 206 g/mol. The molecule has 0 aromatic heterocycles. The molecule has 1 aliphatic heterocycles. The van der Waals surface area contributed by atoms with Crippen LogP contribution in [-0.4, -0.2) is 43.5 Å². The van der Waals surface area contributed by atoms with Crippen LogP contribution in [0.5, 0.6) is 0 Å². The van der Waals surface area contributed by atoms with Crippen molar-refractivity contribution in [2.45, 2.75) is 32.7 Å². The van der Waals surface area contributed by atoms with Crippen molar-refractivity contribution in [2.24, 2.45) is 5.92 Å². The molecule has 2 nitrogen and oxygen atoms in total. The van der Waals surface area contributed by atoms with Crippen LogP contribution in [0, 0.1) is 5.92 Å². The van der Waals surface area contributed by atoms with E-state index in [9.17, 15) is 8.78 Å². The number of alkyl halides is 2. The summed E-state index contributed by atoms with van der Waals surface area (Å²) in [7, 11) is 0. The first-order valence-corrected chi connectivity index (χ1v) is 5.37. The molecule has 1 N–H and O–H groups in total. The summed E-state index contributed by atoms with van der Waals surface area (Å²) in [6.45, 7) is 6.58. The average Bonchev–Trinajstić information content (AvgIpc) is 2.16. The standard InChI is InChI=1S/C10H20F2N2/c1-3-8(2)9-6-14(5-4-13-9)7-10(11)12/h8-10,13H,3-7H2,1-2H3. The summed E-state index contributed by atoms with van der Waals surface area (Å²) in [5, 5.41) is 3.39. The van der Waals surface area contributed by atoms with Crippen molar-refractivity contribution in [3.8, 4) is 0 Å². The molecule has 1 aliphatic rings. The summed E-state index contributed by atoms with van der Waals surface area (Å²) in [6, 6.07) is 0.382. The SMILES string of the molecule is CCC(C)C1CN(CC(F)F)CCN1. The smallest absolute Gasteiger partial charge is 0.251 e. The lowest BCUT2D eigenvalue weighted by molar-refractivity contribution is 0.0662. The van der Waals surface area contributed by atoms with Gasteiger partial charge in [-0.25, -0.2) is 8.78 Å². The molecule has 0 amide bonds. The monoisotopic (exact) mass is 206 g/mol. The van der Waals surface area contributed by atoms with Crippen molar-refractivity contribution >= 4 is 0 Å². The van der Waals surface area contributed by atoms with Crippen LogP contribution in [0.2, 0.25) is 0 Å². The highest BCUT2D eigenvalue weighted by molar-refractivity contribution is 4.82. The minimum Gasteiger partial charge on any atom is -0.311 e. The predicted octanol–water partition coefficient (Wildman–Crippen LogP) is 1.57. The van der Waals surface area contributed by atoms with Crippen LogP contribution in [0.15, 0.2) is 0 Å². The highest BCUT2D eigenvalue weighted by Gasteiger charge is 2.24. The first-order valence-electron chi connectivity index (χ1n) is 5.37. The van der Waals surface area contributed by atoms with Crippen LogP contribution in [-0.2, 0) is 0 Å². The van der Waals surface area contributed by atoms with Gasteiger partial charge in [-0.15, -0.1) is 0 Å². The van der Waals surface area contributed by atoms with E-state index in [1.165, 1.54) is 0 Å². The third kappa shape index (κ3) is 3.50. The summed E-state index contributed by atoms with van der Waals surface area (Å²) >= 11 is 0. The number of hydrogen-bond donors (Lipinski definition) is 1. The Balaban J connectivity index is 2.35. The third-order valence-corrected chi connectivity index (χ3v) is 3.02. The topological polar surface area (TPSA) is 15.3 Å². The number of rotatable bonds is 4. The maximum absolute atomic E-state index is 12.2. The van der Waals surface area contributed by atoms with Gasteiger partial charge in [-0.05, 0) is 5.92 Å². The van der Waals surface area contributed by atoms with Gasteiger partial charge in [-0.2, -0.15) is 0 Å². The number of hydrogen-bond acceptors (Lipinski definition) is 2. The number of piperazine rings is 1. The Morgan fingerprint density at radius 1 is 1.50 bits per heavy atom. The second kappa shape index (κ2) is 5.61. The van der Waals surface area contributed by atoms with E-state index in [2.05, 4.69) is 19.2 Å². The van der Waals surface area contributed by atoms with Gasteiger partial charge in [0.25, 0.3) is 6.43 Å². The molecule has 0 radical (unpaired) electrons. The van der Waals surface area contributed by atoms with E-state index >= 15 is 0 Å². The van der Waals surface area contributed by atoms with Crippen molar-refractivity contribution < 1.29 is 8.78 Å². The maximum atomic E-state index is 12.2. The molecule has 0 spiro atoms. The van der Waals surface area contributed by atoms with E-state index in [1.807, 2.05) is 4.90 Å². The Kier molecular flexibility index (Phi) is 4.75. The lowest BCUT2D eigenvalue weighted by Gasteiger charge is -2.36. The van der Waals surface area contributed by atoms with Gasteiger partial charge in [0, 0.05) is 25.7 Å². The second-order valence-electron chi connectivity index (χ2n) is 4.10. The highest BCUT2D eigenvalue weighted by atomic mass is 19.3. The molecule has 0 aromatic rings. The minimum atomic E-state index is -2.20. The fourth-order valence-corrected chi connectivity index (χ4v) is 1.87. The van der Waals surface area contributed by atoms with Gasteiger partial charge in [-0.1, -0.05) is 20.3 Å². The highest BCUT2D eigenvalue weighted by Crippen LogP contribution is 2.12. The first-order chi connectivity index (χ1) is 6.63. The van der Waals surface area contributed by atoms with Crippen molar-refractivity contribution in [1.82, 2.24) is 10.2 Å². The fraction of sp³-hybridized carbons (Fsp3) is 1.00. The van der Waals surface area contributed by atoms with Crippen LogP contribution >= 0.6 is 0 Å². The second-order valence-corrected chi connectivity index (χ2v) is 4.10. The summed E-state index contributed by atoms with van der Waals surface area (Å²) in [5.41, 5.74) is 0. The van der Waals surface area contributed by atoms with Gasteiger partial charge in [0.05, 0.1) is 6.54 Å². The lowest BCUT2D eigenvalue weighted by Crippen LogP contribution is -2.54. The van der Waals surface area contributed by atoms with Gasteiger partial charge in [0.15, 0.2) is 0 Å². The van der Waals surface area contributed by atoms with Crippen molar-refractivity contribution in [2.75, 3.05) is 26.2 Å². The molecule has 1 rings (SSSR count). The number of halogens is 2. The van der Waals surface area contributed by atoms with E-state index in [0.29, 0.717) is 12.0 Å². The predicted molar refractivity (Wildman–Crippen MR) is 53.7 cm³/mol. The minimum absolute atomic E-state index is 0.0748. The van der Waals surface area contributed by atoms with Gasteiger partial charge >= 0.3 is 0 Å². The Labute approximate surface area is 84.7 Å². The molecule has 0 saturated carbocycles. The molecule has 84 valence electrons. The zero-order valence-electron chi connectivity index (χ0n) is 8.97. The number of nitrogens with one attached hydrogen (secondary N) is 1. The largest absolute Gasteiger partial charge is 0.311 e. The van der Waals surface area contributed by atoms with Gasteiger partial charge in [0.1, 0.15) is 0 Å². The summed E-state index contributed by atoms with van der Waals surface area (Å²) in [6.07, 6.45) is -1.11. The maximum Gasteiger partial charge on any atom is 0.251 e. The van der Waals surface area contributed by atoms with Crippen LogP contribution in [0.1, 0.15) is 20.3 Å². The Morgan fingerprint density at radius 2 is 2.21 bits per heavy atom. The van der Waals surface area contributed by atoms with Crippen LogP contribution in [0.25, 0.3) is 0 Å². The molecule has 1 heterocycles. The third-order valence-electron chi connectivity index (χ3n) is 3.02. The van der Waals surface area contributed by atoms with Gasteiger partial charge < -0.3 is 5.32 Å². The molecular weight excluding hydrogens is 186 g/mol.